The lowest BCUT2D eigenvalue weighted by Gasteiger charge is -2.23. The lowest BCUT2D eigenvalue weighted by molar-refractivity contribution is -0.144. The number of halogens is 1. The topological polar surface area (TPSA) is 121 Å². The van der Waals surface area contributed by atoms with Crippen LogP contribution in [0.2, 0.25) is 0 Å². The van der Waals surface area contributed by atoms with E-state index in [-0.39, 0.29) is 25.1 Å². The van der Waals surface area contributed by atoms with Crippen LogP contribution in [0.1, 0.15) is 23.1 Å². The normalized spacial score (nSPS) is 18.2. The van der Waals surface area contributed by atoms with Crippen LogP contribution in [0.4, 0.5) is 4.39 Å². The molecule has 32 heavy (non-hydrogen) atoms. The number of carbonyl (C=O) groups excluding carboxylic acids is 1. The SMILES string of the molecule is N#Cc1ccc2c(c1)COc1cc(C[C@H](NC(=O)[C@@H]3CNCCCO3)C(=O)O)c(F)cc1-2. The first-order valence-corrected chi connectivity index (χ1v) is 10.3. The largest absolute Gasteiger partial charge is 0.488 e. The Hall–Kier alpha value is -3.48. The molecule has 1 saturated heterocycles. The molecular formula is C23H22FN3O5. The summed E-state index contributed by atoms with van der Waals surface area (Å²) < 4.78 is 26.1. The minimum Gasteiger partial charge on any atom is -0.488 e. The number of amides is 1. The summed E-state index contributed by atoms with van der Waals surface area (Å²) in [5.41, 5.74) is 2.67. The van der Waals surface area contributed by atoms with E-state index in [0.29, 0.717) is 30.0 Å². The molecule has 2 atom stereocenters. The number of carboxylic acids is 1. The fourth-order valence-electron chi connectivity index (χ4n) is 3.85. The standard InChI is InChI=1S/C23H22FN3O5/c24-18-9-17-16-3-2-13(10-25)6-15(16)12-32-20(17)8-14(18)7-19(23(29)30)27-22(28)21-11-26-4-1-5-31-21/h2-3,6,8-9,19,21,26H,1,4-5,7,11-12H2,(H,27,28)(H,29,30)/t19-,21-/m0/s1. The van der Waals surface area contributed by atoms with E-state index in [2.05, 4.69) is 16.7 Å². The Kier molecular flexibility index (Phi) is 6.35. The number of aliphatic carboxylic acids is 1. The number of rotatable bonds is 5. The van der Waals surface area contributed by atoms with Crippen molar-refractivity contribution in [3.63, 3.8) is 0 Å². The highest BCUT2D eigenvalue weighted by Gasteiger charge is 2.29. The first kappa shape index (κ1) is 21.7. The van der Waals surface area contributed by atoms with Crippen LogP contribution in [0, 0.1) is 17.1 Å². The summed E-state index contributed by atoms with van der Waals surface area (Å²) in [6.07, 6.45) is -0.289. The molecule has 0 aliphatic carbocycles. The number of nitrogens with one attached hydrogen (secondary N) is 2. The van der Waals surface area contributed by atoms with E-state index in [0.717, 1.165) is 17.5 Å². The van der Waals surface area contributed by atoms with Gasteiger partial charge in [0, 0.05) is 25.1 Å². The van der Waals surface area contributed by atoms with Crippen molar-refractivity contribution < 1.29 is 28.6 Å². The van der Waals surface area contributed by atoms with Crippen molar-refractivity contribution in [3.8, 4) is 22.9 Å². The molecule has 3 N–H and O–H groups in total. The Labute approximate surface area is 183 Å². The number of hydrogen-bond acceptors (Lipinski definition) is 6. The van der Waals surface area contributed by atoms with Gasteiger partial charge in [0.15, 0.2) is 0 Å². The molecule has 0 radical (unpaired) electrons. The molecule has 1 amide bonds. The first-order chi connectivity index (χ1) is 15.5. The molecule has 0 saturated carbocycles. The predicted molar refractivity (Wildman–Crippen MR) is 111 cm³/mol. The molecule has 2 aliphatic heterocycles. The maximum Gasteiger partial charge on any atom is 0.326 e. The number of nitrogens with zero attached hydrogens (tertiary/aromatic N) is 1. The van der Waals surface area contributed by atoms with Gasteiger partial charge in [0.25, 0.3) is 5.91 Å². The summed E-state index contributed by atoms with van der Waals surface area (Å²) in [6.45, 7) is 1.62. The smallest absolute Gasteiger partial charge is 0.326 e. The third-order valence-corrected chi connectivity index (χ3v) is 5.53. The molecular weight excluding hydrogens is 417 g/mol. The summed E-state index contributed by atoms with van der Waals surface area (Å²) >= 11 is 0. The average molecular weight is 439 g/mol. The van der Waals surface area contributed by atoms with E-state index in [9.17, 15) is 19.1 Å². The van der Waals surface area contributed by atoms with Crippen molar-refractivity contribution in [3.05, 3.63) is 52.8 Å². The van der Waals surface area contributed by atoms with Crippen molar-refractivity contribution >= 4 is 11.9 Å². The minimum atomic E-state index is -1.32. The zero-order valence-corrected chi connectivity index (χ0v) is 17.2. The van der Waals surface area contributed by atoms with Gasteiger partial charge in [0.05, 0.1) is 11.6 Å². The van der Waals surface area contributed by atoms with Crippen LogP contribution in [-0.2, 0) is 27.4 Å². The third kappa shape index (κ3) is 4.56. The number of benzene rings is 2. The molecule has 8 nitrogen and oxygen atoms in total. The van der Waals surface area contributed by atoms with Crippen LogP contribution >= 0.6 is 0 Å². The number of carboxylic acid groups (broad SMARTS) is 1. The number of nitriles is 1. The number of fused-ring (bicyclic) bond motifs is 3. The van der Waals surface area contributed by atoms with Crippen LogP contribution in [0.3, 0.4) is 0 Å². The number of carbonyl (C=O) groups is 2. The quantitative estimate of drug-likeness (QED) is 0.649. The zero-order valence-electron chi connectivity index (χ0n) is 17.2. The third-order valence-electron chi connectivity index (χ3n) is 5.53. The molecule has 166 valence electrons. The molecule has 0 bridgehead atoms. The summed E-state index contributed by atoms with van der Waals surface area (Å²) in [7, 11) is 0. The van der Waals surface area contributed by atoms with E-state index in [1.54, 1.807) is 18.2 Å². The van der Waals surface area contributed by atoms with Crippen molar-refractivity contribution in [2.45, 2.75) is 31.6 Å². The Morgan fingerprint density at radius 1 is 1.31 bits per heavy atom. The Balaban J connectivity index is 1.54. The van der Waals surface area contributed by atoms with Gasteiger partial charge in [-0.3, -0.25) is 4.79 Å². The zero-order chi connectivity index (χ0) is 22.7. The van der Waals surface area contributed by atoms with Gasteiger partial charge >= 0.3 is 5.97 Å². The van der Waals surface area contributed by atoms with Crippen LogP contribution < -0.4 is 15.4 Å². The summed E-state index contributed by atoms with van der Waals surface area (Å²) in [4.78, 5) is 24.2. The Morgan fingerprint density at radius 3 is 2.94 bits per heavy atom. The van der Waals surface area contributed by atoms with Crippen molar-refractivity contribution in [1.82, 2.24) is 10.6 Å². The fraction of sp³-hybridized carbons (Fsp3) is 0.348. The van der Waals surface area contributed by atoms with Gasteiger partial charge in [0.1, 0.15) is 30.3 Å². The average Bonchev–Trinajstić information content (AvgIpc) is 3.08. The molecule has 2 heterocycles. The summed E-state index contributed by atoms with van der Waals surface area (Å²) in [5, 5.41) is 24.2. The van der Waals surface area contributed by atoms with E-state index in [1.165, 1.54) is 12.1 Å². The first-order valence-electron chi connectivity index (χ1n) is 10.3. The number of hydrogen-bond donors (Lipinski definition) is 3. The van der Waals surface area contributed by atoms with Gasteiger partial charge in [-0.15, -0.1) is 0 Å². The van der Waals surface area contributed by atoms with Gasteiger partial charge in [-0.2, -0.15) is 5.26 Å². The summed E-state index contributed by atoms with van der Waals surface area (Å²) in [6, 6.07) is 8.61. The van der Waals surface area contributed by atoms with E-state index >= 15 is 0 Å². The van der Waals surface area contributed by atoms with Gasteiger partial charge in [-0.25, -0.2) is 9.18 Å². The van der Waals surface area contributed by atoms with Gasteiger partial charge in [-0.05, 0) is 53.9 Å². The molecule has 1 fully saturated rings. The lowest BCUT2D eigenvalue weighted by Crippen LogP contribution is -2.49. The van der Waals surface area contributed by atoms with Crippen LogP contribution in [0.15, 0.2) is 30.3 Å². The van der Waals surface area contributed by atoms with E-state index < -0.39 is 29.8 Å². The monoisotopic (exact) mass is 439 g/mol. The molecule has 2 aromatic rings. The lowest BCUT2D eigenvalue weighted by atomic mass is 9.93. The molecule has 9 heteroatoms. The fourth-order valence-corrected chi connectivity index (χ4v) is 3.85. The molecule has 2 aliphatic rings. The predicted octanol–water partition coefficient (Wildman–Crippen LogP) is 1.75. The number of ether oxygens (including phenoxy) is 2. The second-order valence-corrected chi connectivity index (χ2v) is 7.73. The Bertz CT molecular complexity index is 1090. The van der Waals surface area contributed by atoms with Gasteiger partial charge in [0.2, 0.25) is 0 Å². The molecule has 0 spiro atoms. The highest BCUT2D eigenvalue weighted by atomic mass is 19.1. The Morgan fingerprint density at radius 2 is 2.16 bits per heavy atom. The molecule has 0 aromatic heterocycles. The van der Waals surface area contributed by atoms with E-state index in [1.807, 2.05) is 0 Å². The van der Waals surface area contributed by atoms with Crippen LogP contribution in [-0.4, -0.2) is 48.8 Å². The molecule has 0 unspecified atom stereocenters. The van der Waals surface area contributed by atoms with Crippen LogP contribution in [0.5, 0.6) is 5.75 Å². The molecule has 4 rings (SSSR count). The second-order valence-electron chi connectivity index (χ2n) is 7.73. The maximum absolute atomic E-state index is 14.9. The van der Waals surface area contributed by atoms with Crippen LogP contribution in [0.25, 0.3) is 11.1 Å². The van der Waals surface area contributed by atoms with Crippen molar-refractivity contribution in [2.24, 2.45) is 0 Å². The highest BCUT2D eigenvalue weighted by molar-refractivity contribution is 5.86. The summed E-state index contributed by atoms with van der Waals surface area (Å²) in [5.74, 6) is -2.00. The van der Waals surface area contributed by atoms with Crippen molar-refractivity contribution in [1.29, 1.82) is 5.26 Å². The van der Waals surface area contributed by atoms with Gasteiger partial charge in [-0.1, -0.05) is 6.07 Å². The van der Waals surface area contributed by atoms with Gasteiger partial charge < -0.3 is 25.2 Å². The maximum atomic E-state index is 14.9. The highest BCUT2D eigenvalue weighted by Crippen LogP contribution is 2.39. The second kappa shape index (κ2) is 9.34. The van der Waals surface area contributed by atoms with E-state index in [4.69, 9.17) is 14.7 Å². The van der Waals surface area contributed by atoms with Crippen molar-refractivity contribution in [2.75, 3.05) is 19.7 Å². The minimum absolute atomic E-state index is 0.119. The molecule has 2 aromatic carbocycles.